The highest BCUT2D eigenvalue weighted by Gasteiger charge is 2.20. The maximum atomic E-state index is 8.96. The maximum absolute atomic E-state index is 8.96. The fraction of sp³-hybridized carbons (Fsp3) is 0.333. The molecule has 0 spiro atoms. The molecular formula is C15H18BrNO2. The predicted molar refractivity (Wildman–Crippen MR) is 78.6 cm³/mol. The molecule has 0 fully saturated rings. The normalized spacial score (nSPS) is 11.8. The molecule has 102 valence electrons. The molecule has 0 aliphatic carbocycles. The van der Waals surface area contributed by atoms with Gasteiger partial charge in [0.15, 0.2) is 0 Å². The molecule has 0 unspecified atom stereocenters. The van der Waals surface area contributed by atoms with E-state index in [-0.39, 0.29) is 12.1 Å². The van der Waals surface area contributed by atoms with Gasteiger partial charge >= 0.3 is 0 Å². The first-order valence-electron chi connectivity index (χ1n) is 6.21. The fourth-order valence-electron chi connectivity index (χ4n) is 1.88. The van der Waals surface area contributed by atoms with Gasteiger partial charge in [-0.15, -0.1) is 0 Å². The average Bonchev–Trinajstić information content (AvgIpc) is 2.85. The van der Waals surface area contributed by atoms with Crippen molar-refractivity contribution < 1.29 is 9.52 Å². The summed E-state index contributed by atoms with van der Waals surface area (Å²) in [5, 5.41) is 12.4. The van der Waals surface area contributed by atoms with E-state index in [1.165, 1.54) is 5.56 Å². The number of hydrogen-bond donors (Lipinski definition) is 2. The van der Waals surface area contributed by atoms with Crippen molar-refractivity contribution in [1.29, 1.82) is 0 Å². The number of aliphatic hydroxyl groups excluding tert-OH is 1. The lowest BCUT2D eigenvalue weighted by molar-refractivity contribution is 0.241. The van der Waals surface area contributed by atoms with Crippen molar-refractivity contribution in [3.8, 4) is 0 Å². The van der Waals surface area contributed by atoms with Crippen molar-refractivity contribution >= 4 is 15.9 Å². The standard InChI is InChI=1S/C15H18BrNO2/c1-15(2,11-3-5-12(16)6-4-11)17-9-13-7-8-14(10-18)19-13/h3-8,17-18H,9-10H2,1-2H3. The summed E-state index contributed by atoms with van der Waals surface area (Å²) >= 11 is 3.44. The Balaban J connectivity index is 2.02. The van der Waals surface area contributed by atoms with Crippen LogP contribution in [0, 0.1) is 0 Å². The van der Waals surface area contributed by atoms with E-state index in [4.69, 9.17) is 9.52 Å². The summed E-state index contributed by atoms with van der Waals surface area (Å²) in [5.74, 6) is 1.42. The molecule has 0 aliphatic heterocycles. The molecule has 1 aromatic heterocycles. The molecule has 0 bridgehead atoms. The van der Waals surface area contributed by atoms with E-state index >= 15 is 0 Å². The van der Waals surface area contributed by atoms with Gasteiger partial charge in [-0.3, -0.25) is 0 Å². The van der Waals surface area contributed by atoms with E-state index in [0.29, 0.717) is 12.3 Å². The molecular weight excluding hydrogens is 306 g/mol. The van der Waals surface area contributed by atoms with E-state index in [2.05, 4.69) is 47.2 Å². The Bertz CT molecular complexity index is 531. The van der Waals surface area contributed by atoms with Crippen LogP contribution in [0.2, 0.25) is 0 Å². The second-order valence-electron chi connectivity index (χ2n) is 5.01. The zero-order valence-corrected chi connectivity index (χ0v) is 12.7. The van der Waals surface area contributed by atoms with Gasteiger partial charge in [-0.2, -0.15) is 0 Å². The largest absolute Gasteiger partial charge is 0.462 e. The fourth-order valence-corrected chi connectivity index (χ4v) is 2.14. The molecule has 19 heavy (non-hydrogen) atoms. The first-order chi connectivity index (χ1) is 9.01. The summed E-state index contributed by atoms with van der Waals surface area (Å²) in [7, 11) is 0. The van der Waals surface area contributed by atoms with Gasteiger partial charge in [0.25, 0.3) is 0 Å². The molecule has 0 aliphatic rings. The van der Waals surface area contributed by atoms with E-state index in [1.807, 2.05) is 18.2 Å². The Morgan fingerprint density at radius 2 is 1.74 bits per heavy atom. The quantitative estimate of drug-likeness (QED) is 0.884. The van der Waals surface area contributed by atoms with Crippen LogP contribution in [0.1, 0.15) is 30.9 Å². The number of benzene rings is 1. The van der Waals surface area contributed by atoms with Gasteiger partial charge in [-0.05, 0) is 43.7 Å². The van der Waals surface area contributed by atoms with Gasteiger partial charge in [-0.25, -0.2) is 0 Å². The Labute approximate surface area is 121 Å². The van der Waals surface area contributed by atoms with Crippen molar-refractivity contribution in [1.82, 2.24) is 5.32 Å². The molecule has 4 heteroatoms. The first kappa shape index (κ1) is 14.3. The number of halogens is 1. The lowest BCUT2D eigenvalue weighted by Gasteiger charge is -2.26. The molecule has 2 rings (SSSR count). The number of aliphatic hydroxyl groups is 1. The molecule has 0 saturated carbocycles. The van der Waals surface area contributed by atoms with E-state index in [9.17, 15) is 0 Å². The summed E-state index contributed by atoms with van der Waals surface area (Å²) in [6.45, 7) is 4.83. The highest BCUT2D eigenvalue weighted by atomic mass is 79.9. The molecule has 2 aromatic rings. The number of rotatable bonds is 5. The second-order valence-corrected chi connectivity index (χ2v) is 5.93. The van der Waals surface area contributed by atoms with Gasteiger partial charge < -0.3 is 14.8 Å². The van der Waals surface area contributed by atoms with Gasteiger partial charge in [0.1, 0.15) is 18.1 Å². The molecule has 0 amide bonds. The zero-order valence-electron chi connectivity index (χ0n) is 11.1. The first-order valence-corrected chi connectivity index (χ1v) is 7.00. The Morgan fingerprint density at radius 1 is 1.11 bits per heavy atom. The molecule has 0 atom stereocenters. The van der Waals surface area contributed by atoms with E-state index in [0.717, 1.165) is 10.2 Å². The number of hydrogen-bond acceptors (Lipinski definition) is 3. The van der Waals surface area contributed by atoms with E-state index in [1.54, 1.807) is 6.07 Å². The Morgan fingerprint density at radius 3 is 2.32 bits per heavy atom. The topological polar surface area (TPSA) is 45.4 Å². The van der Waals surface area contributed by atoms with Gasteiger partial charge in [-0.1, -0.05) is 28.1 Å². The summed E-state index contributed by atoms with van der Waals surface area (Å²) in [6.07, 6.45) is 0. The van der Waals surface area contributed by atoms with Crippen molar-refractivity contribution in [3.63, 3.8) is 0 Å². The monoisotopic (exact) mass is 323 g/mol. The third kappa shape index (κ3) is 3.69. The maximum Gasteiger partial charge on any atom is 0.129 e. The van der Waals surface area contributed by atoms with Gasteiger partial charge in [0, 0.05) is 10.0 Å². The van der Waals surface area contributed by atoms with E-state index < -0.39 is 0 Å². The average molecular weight is 324 g/mol. The smallest absolute Gasteiger partial charge is 0.129 e. The summed E-state index contributed by atoms with van der Waals surface area (Å²) in [5.41, 5.74) is 1.07. The van der Waals surface area contributed by atoms with Crippen LogP contribution in [0.4, 0.5) is 0 Å². The minimum atomic E-state index is -0.146. The lowest BCUT2D eigenvalue weighted by atomic mass is 9.94. The van der Waals surface area contributed by atoms with Crippen LogP contribution in [-0.4, -0.2) is 5.11 Å². The van der Waals surface area contributed by atoms with Gasteiger partial charge in [0.05, 0.1) is 6.54 Å². The van der Waals surface area contributed by atoms with Crippen LogP contribution < -0.4 is 5.32 Å². The third-order valence-electron chi connectivity index (χ3n) is 3.14. The summed E-state index contributed by atoms with van der Waals surface area (Å²) in [4.78, 5) is 0. The summed E-state index contributed by atoms with van der Waals surface area (Å²) < 4.78 is 6.54. The third-order valence-corrected chi connectivity index (χ3v) is 3.67. The second kappa shape index (κ2) is 5.90. The highest BCUT2D eigenvalue weighted by molar-refractivity contribution is 9.10. The van der Waals surface area contributed by atoms with Crippen LogP contribution in [0.3, 0.4) is 0 Å². The zero-order chi connectivity index (χ0) is 13.9. The van der Waals surface area contributed by atoms with Crippen LogP contribution in [-0.2, 0) is 18.7 Å². The molecule has 3 nitrogen and oxygen atoms in total. The van der Waals surface area contributed by atoms with Crippen LogP contribution in [0.25, 0.3) is 0 Å². The van der Waals surface area contributed by atoms with Crippen LogP contribution in [0.5, 0.6) is 0 Å². The minimum Gasteiger partial charge on any atom is -0.462 e. The Hall–Kier alpha value is -1.10. The van der Waals surface area contributed by atoms with Crippen molar-refractivity contribution in [3.05, 3.63) is 58.0 Å². The van der Waals surface area contributed by atoms with Crippen molar-refractivity contribution in [2.24, 2.45) is 0 Å². The lowest BCUT2D eigenvalue weighted by Crippen LogP contribution is -2.35. The SMILES string of the molecule is CC(C)(NCc1ccc(CO)o1)c1ccc(Br)cc1. The van der Waals surface area contributed by atoms with Crippen LogP contribution >= 0.6 is 15.9 Å². The Kier molecular flexibility index (Phi) is 4.45. The number of nitrogens with one attached hydrogen (secondary N) is 1. The molecule has 1 heterocycles. The van der Waals surface area contributed by atoms with Gasteiger partial charge in [0.2, 0.25) is 0 Å². The number of furan rings is 1. The van der Waals surface area contributed by atoms with Crippen LogP contribution in [0.15, 0.2) is 45.3 Å². The minimum absolute atomic E-state index is 0.0594. The molecule has 0 radical (unpaired) electrons. The summed E-state index contributed by atoms with van der Waals surface area (Å²) in [6, 6.07) is 11.9. The highest BCUT2D eigenvalue weighted by Crippen LogP contribution is 2.23. The van der Waals surface area contributed by atoms with Crippen molar-refractivity contribution in [2.75, 3.05) is 0 Å². The molecule has 2 N–H and O–H groups in total. The molecule has 0 saturated heterocycles. The van der Waals surface area contributed by atoms with Crippen molar-refractivity contribution in [2.45, 2.75) is 32.5 Å². The molecule has 1 aromatic carbocycles. The predicted octanol–water partition coefficient (Wildman–Crippen LogP) is 3.56.